The minimum absolute atomic E-state index is 0.250. The fourth-order valence-corrected chi connectivity index (χ4v) is 157. The van der Waals surface area contributed by atoms with Gasteiger partial charge in [-0.2, -0.15) is 9.59 Å². The fourth-order valence-electron chi connectivity index (χ4n) is 17.2. The van der Waals surface area contributed by atoms with E-state index in [-0.39, 0.29) is 12.8 Å². The Hall–Kier alpha value is 2.75. The summed E-state index contributed by atoms with van der Waals surface area (Å²) in [7, 11) is -76.4. The van der Waals surface area contributed by atoms with Crippen molar-refractivity contribution in [3.8, 4) is 0 Å². The van der Waals surface area contributed by atoms with Crippen LogP contribution in [-0.2, 0) is 130 Å². The minimum Gasteiger partial charge on any atom is -0.528 e. The monoisotopic (exact) mass is 2270 g/mol. The zero-order valence-electron chi connectivity index (χ0n) is 91.0. The smallest absolute Gasteiger partial charge is 0.513 e. The Morgan fingerprint density at radius 3 is 0.441 bits per heavy atom. The van der Waals surface area contributed by atoms with E-state index in [1.54, 1.807) is 0 Å². The lowest BCUT2D eigenvalue weighted by Crippen LogP contribution is -2.63. The molecule has 0 rings (SSSR count). The third-order valence-electron chi connectivity index (χ3n) is 14.8. The molecule has 59 heteroatoms. The Morgan fingerprint density at radius 1 is 0.205 bits per heavy atom. The largest absolute Gasteiger partial charge is 0.528 e. The van der Waals surface area contributed by atoms with E-state index in [0.29, 0.717) is 6.42 Å². The van der Waals surface area contributed by atoms with Crippen molar-refractivity contribution in [3.63, 3.8) is 0 Å². The second-order valence-corrected chi connectivity index (χ2v) is 141. The highest BCUT2D eigenvalue weighted by Gasteiger charge is 2.57. The first-order valence-electron chi connectivity index (χ1n) is 44.3. The van der Waals surface area contributed by atoms with Gasteiger partial charge in [0.1, 0.15) is 0 Å². The molecule has 0 aliphatic carbocycles. The van der Waals surface area contributed by atoms with E-state index in [2.05, 4.69) is 57.2 Å². The molecule has 0 saturated carbocycles. The van der Waals surface area contributed by atoms with E-state index in [4.69, 9.17) is 126 Å². The van der Waals surface area contributed by atoms with Crippen molar-refractivity contribution in [2.75, 3.05) is 6.61 Å². The predicted molar refractivity (Wildman–Crippen MR) is 576 cm³/mol. The summed E-state index contributed by atoms with van der Waals surface area (Å²) in [6, 6.07) is 0.885. The normalized spacial score (nSPS) is 15.0. The Kier molecular flexibility index (Phi) is 54.2. The maximum atomic E-state index is 11.5. The van der Waals surface area contributed by atoms with Gasteiger partial charge in [-0.15, -0.1) is 0 Å². The van der Waals surface area contributed by atoms with E-state index in [1.165, 1.54) is 6.26 Å². The molecule has 0 aromatic carbocycles. The number of unbranched alkanes of at least 4 members (excludes halogenated alkanes) is 1. The highest BCUT2D eigenvalue weighted by atomic mass is 28.6. The summed E-state index contributed by atoms with van der Waals surface area (Å²) < 4.78 is 196. The number of rotatable bonds is 60. The third-order valence-corrected chi connectivity index (χ3v) is 120. The van der Waals surface area contributed by atoms with Gasteiger partial charge in [0.15, 0.2) is 8.32 Å². The summed E-state index contributed by atoms with van der Waals surface area (Å²) >= 11 is 0. The van der Waals surface area contributed by atoms with Gasteiger partial charge in [-0.05, 0) is 366 Å². The molecule has 0 radical (unpaired) electrons. The first-order chi connectivity index (χ1) is 55.3. The summed E-state index contributed by atoms with van der Waals surface area (Å²) in [6.07, 6.45) is 3.55. The minimum atomic E-state index is -2.94. The van der Waals surface area contributed by atoms with Crippen LogP contribution in [0.3, 0.4) is 0 Å². The predicted octanol–water partition coefficient (Wildman–Crippen LogP) is 23.6. The zero-order chi connectivity index (χ0) is 103. The van der Waals surface area contributed by atoms with Gasteiger partial charge in [-0.25, -0.2) is 4.79 Å². The van der Waals surface area contributed by atoms with Crippen molar-refractivity contribution in [1.29, 1.82) is 0 Å². The van der Waals surface area contributed by atoms with Crippen LogP contribution in [0.15, 0.2) is 25.7 Å². The third kappa shape index (κ3) is 67.7. The van der Waals surface area contributed by atoms with Crippen molar-refractivity contribution < 1.29 is 135 Å². The molecule has 32 nitrogen and oxygen atoms in total. The summed E-state index contributed by atoms with van der Waals surface area (Å²) in [5, 5.41) is 0. The van der Waals surface area contributed by atoms with Crippen LogP contribution < -0.4 is 0 Å². The van der Waals surface area contributed by atoms with Crippen molar-refractivity contribution in [1.82, 2.24) is 0 Å². The first-order valence-corrected chi connectivity index (χ1v) is 121. The second-order valence-electron chi connectivity index (χ2n) is 43.0. The van der Waals surface area contributed by atoms with Crippen LogP contribution in [0.1, 0.15) is 40.5 Å². The molecule has 0 aromatic heterocycles. The van der Waals surface area contributed by atoms with E-state index in [9.17, 15) is 4.79 Å². The molecule has 0 N–H and O–H groups in total. The maximum absolute atomic E-state index is 11.5. The number of ether oxygens (including phenoxy) is 2. The first kappa shape index (κ1) is 136. The molecule has 0 amide bonds. The molecule has 0 aliphatic heterocycles. The zero-order valence-corrected chi connectivity index (χ0v) is 118. The van der Waals surface area contributed by atoms with E-state index >= 15 is 0 Å². The standard InChI is InChI=1S/C63H176O30Si27.2C2H6.CO2/c1-57-65-63(64)66-61-59-60-62-94(3,4)68-96(7,8)70-98(11,12)72-100(15,16)74-102(19,20)76-104(23,24)78-106(27,28)80-108(31,32)82-110(35,36)84-112(39,40)86-114(43,44)88-116(47,48)90-118(51,52)92-120(55,56)93-119(53,54)91-117(49,50)89-115(45,46)87-113(41,42)85-111(37,38)83-109(33,34)81-107(29,30)79-105(25,26)77-103(21,22)75-101(17,18)73-99(13,14)71-97(9,10)69-95(5,6)67-58-2;2*1-2;2-1-3/h57-58H,1-2,59-62H2,3-56H3;2*1-2H3;. The lowest BCUT2D eigenvalue weighted by molar-refractivity contribution is -0.191. The van der Waals surface area contributed by atoms with Crippen LogP contribution >= 0.6 is 0 Å². The Morgan fingerprint density at radius 2 is 0.323 bits per heavy atom. The van der Waals surface area contributed by atoms with Gasteiger partial charge in [0.05, 0.1) is 19.1 Å². The quantitative estimate of drug-likeness (QED) is 0.0236. The van der Waals surface area contributed by atoms with E-state index in [1.807, 2.05) is 342 Å². The van der Waals surface area contributed by atoms with Crippen LogP contribution in [-0.4, -0.2) is 250 Å². The van der Waals surface area contributed by atoms with Crippen LogP contribution in [0.25, 0.3) is 0 Å². The Balaban J connectivity index is -0.0000105. The summed E-state index contributed by atoms with van der Waals surface area (Å²) in [4.78, 5) is 27.8. The lowest BCUT2D eigenvalue weighted by Gasteiger charge is -2.45. The van der Waals surface area contributed by atoms with Crippen molar-refractivity contribution in [3.05, 3.63) is 25.7 Å². The van der Waals surface area contributed by atoms with Crippen LogP contribution in [0, 0.1) is 0 Å². The van der Waals surface area contributed by atoms with Crippen LogP contribution in [0.4, 0.5) is 4.79 Å². The van der Waals surface area contributed by atoms with Gasteiger partial charge in [-0.3, -0.25) is 0 Å². The number of hydrogen-bond donors (Lipinski definition) is 0. The highest BCUT2D eigenvalue weighted by Crippen LogP contribution is 2.38. The van der Waals surface area contributed by atoms with Gasteiger partial charge in [0.25, 0.3) is 0 Å². The molecular weight excluding hydrogens is 2090 g/mol. The van der Waals surface area contributed by atoms with Crippen molar-refractivity contribution in [2.45, 2.75) is 400 Å². The molecule has 0 fully saturated rings. The SMILES string of the molecule is C=COC(=O)OCCCC[Si](C)(C)O[Si](C)(C)O[Si](C)(C)O[Si](C)(C)O[Si](C)(C)O[Si](C)(C)O[Si](C)(C)O[Si](C)(C)O[Si](C)(C)O[Si](C)(C)O[Si](C)(C)O[Si](C)(C)O[Si](C)(C)O[Si](C)(C)O[Si](C)(C)O[Si](C)(C)O[Si](C)(C)O[Si](C)(C)O[Si](C)(C)O[Si](C)(C)O[Si](C)(C)O[Si](C)(C)O[Si](C)(C)O[Si](C)(C)O[Si](C)(C)O[Si](C)(C)O[Si](C)(C)OC=C.CC.CC.O=C=O. The van der Waals surface area contributed by atoms with Gasteiger partial charge < -0.3 is 121 Å². The lowest BCUT2D eigenvalue weighted by atomic mass is 10.4. The van der Waals surface area contributed by atoms with Crippen molar-refractivity contribution >= 4 is 243 Å². The second kappa shape index (κ2) is 50.6. The summed E-state index contributed by atoms with van der Waals surface area (Å²) in [5.74, 6) is 0. The van der Waals surface area contributed by atoms with E-state index < -0.39 is 237 Å². The highest BCUT2D eigenvalue weighted by molar-refractivity contribution is 6.98. The van der Waals surface area contributed by atoms with Crippen molar-refractivity contribution in [2.24, 2.45) is 0 Å². The number of hydrogen-bond acceptors (Lipinski definition) is 32. The summed E-state index contributed by atoms with van der Waals surface area (Å²) in [6.45, 7) is 126. The Bertz CT molecular complexity index is 3320. The molecule has 0 aromatic rings. The van der Waals surface area contributed by atoms with E-state index in [0.717, 1.165) is 18.7 Å². The summed E-state index contributed by atoms with van der Waals surface area (Å²) in [5.41, 5.74) is 0. The molecule has 0 aliphatic rings. The molecule has 0 bridgehead atoms. The molecule has 0 heterocycles. The molecule has 0 spiro atoms. The molecule has 0 unspecified atom stereocenters. The topological polar surface area (TPSA) is 319 Å². The molecule has 0 atom stereocenters. The maximum Gasteiger partial charge on any atom is 0.513 e. The molecule has 760 valence electrons. The molecule has 127 heavy (non-hydrogen) atoms. The van der Waals surface area contributed by atoms with Gasteiger partial charge in [0.2, 0.25) is 0 Å². The average Bonchev–Trinajstić information content (AvgIpc) is 0.794. The Labute approximate surface area is 803 Å². The molecule has 0 saturated heterocycles. The number of carbonyl (C=O) groups excluding carboxylic acids is 3. The fraction of sp³-hybridized carbons (Fsp3) is 0.912. The van der Waals surface area contributed by atoms with Crippen LogP contribution in [0.5, 0.6) is 0 Å². The number of carbonyl (C=O) groups is 1. The van der Waals surface area contributed by atoms with Gasteiger partial charge >= 0.3 is 235 Å². The molecular formula is C68H188O32Si27. The van der Waals surface area contributed by atoms with Gasteiger partial charge in [0, 0.05) is 0 Å². The van der Waals surface area contributed by atoms with Crippen LogP contribution in [0.2, 0.25) is 360 Å². The van der Waals surface area contributed by atoms with Gasteiger partial charge in [-0.1, -0.05) is 47.3 Å². The average molecular weight is 2280 g/mol.